The smallest absolute Gasteiger partial charge is 0.169 e. The Kier molecular flexibility index (Phi) is 3.41. The molecule has 1 aliphatic rings. The van der Waals surface area contributed by atoms with Crippen molar-refractivity contribution >= 4 is 11.6 Å². The molecule has 0 bridgehead atoms. The molecule has 1 heterocycles. The van der Waals surface area contributed by atoms with Gasteiger partial charge in [-0.15, -0.1) is 0 Å². The first-order valence-electron chi connectivity index (χ1n) is 5.07. The van der Waals surface area contributed by atoms with E-state index >= 15 is 0 Å². The average Bonchev–Trinajstić information content (AvgIpc) is 2.29. The predicted octanol–water partition coefficient (Wildman–Crippen LogP) is 1.84. The largest absolute Gasteiger partial charge is 0.495 e. The summed E-state index contributed by atoms with van der Waals surface area (Å²) in [5, 5.41) is 3.60. The van der Waals surface area contributed by atoms with Crippen molar-refractivity contribution in [2.24, 2.45) is 0 Å². The van der Waals surface area contributed by atoms with Crippen LogP contribution in [0.4, 0.5) is 0 Å². The monoisotopic (exact) mass is 243 g/mol. The van der Waals surface area contributed by atoms with Crippen LogP contribution in [0.15, 0.2) is 6.07 Å². The topological polar surface area (TPSA) is 39.7 Å². The van der Waals surface area contributed by atoms with Crippen molar-refractivity contribution in [1.82, 2.24) is 5.32 Å². The maximum Gasteiger partial charge on any atom is 0.169 e. The molecule has 1 aliphatic heterocycles. The van der Waals surface area contributed by atoms with Gasteiger partial charge in [-0.1, -0.05) is 11.6 Å². The summed E-state index contributed by atoms with van der Waals surface area (Å²) in [6, 6.07) is 1.73. The predicted molar refractivity (Wildman–Crippen MR) is 61.8 cm³/mol. The van der Waals surface area contributed by atoms with Gasteiger partial charge in [-0.05, 0) is 7.05 Å². The number of rotatable bonds is 3. The minimum atomic E-state index is 0.539. The first kappa shape index (κ1) is 11.4. The van der Waals surface area contributed by atoms with Crippen LogP contribution in [0.5, 0.6) is 17.2 Å². The zero-order chi connectivity index (χ0) is 11.5. The van der Waals surface area contributed by atoms with Crippen LogP contribution in [-0.4, -0.2) is 27.4 Å². The molecule has 16 heavy (non-hydrogen) atoms. The van der Waals surface area contributed by atoms with Crippen molar-refractivity contribution < 1.29 is 14.2 Å². The van der Waals surface area contributed by atoms with E-state index in [1.54, 1.807) is 13.2 Å². The second-order valence-electron chi connectivity index (χ2n) is 3.42. The molecule has 0 saturated carbocycles. The van der Waals surface area contributed by atoms with Crippen LogP contribution in [0.1, 0.15) is 5.56 Å². The number of halogens is 1. The quantitative estimate of drug-likeness (QED) is 0.880. The first-order chi connectivity index (χ1) is 7.77. The summed E-state index contributed by atoms with van der Waals surface area (Å²) >= 11 is 6.11. The van der Waals surface area contributed by atoms with Gasteiger partial charge in [0.2, 0.25) is 0 Å². The van der Waals surface area contributed by atoms with Crippen molar-refractivity contribution in [3.05, 3.63) is 16.7 Å². The van der Waals surface area contributed by atoms with Gasteiger partial charge in [0.25, 0.3) is 0 Å². The molecule has 0 unspecified atom stereocenters. The van der Waals surface area contributed by atoms with Gasteiger partial charge in [0.1, 0.15) is 19.0 Å². The summed E-state index contributed by atoms with van der Waals surface area (Å²) in [6.45, 7) is 1.72. The van der Waals surface area contributed by atoms with E-state index in [9.17, 15) is 0 Å². The summed E-state index contributed by atoms with van der Waals surface area (Å²) in [7, 11) is 3.45. The van der Waals surface area contributed by atoms with Crippen LogP contribution >= 0.6 is 11.6 Å². The molecule has 0 aliphatic carbocycles. The fourth-order valence-corrected chi connectivity index (χ4v) is 2.05. The molecule has 5 heteroatoms. The molecule has 88 valence electrons. The average molecular weight is 244 g/mol. The Bertz CT molecular complexity index is 395. The second kappa shape index (κ2) is 4.80. The maximum absolute atomic E-state index is 6.11. The van der Waals surface area contributed by atoms with E-state index in [4.69, 9.17) is 25.8 Å². The highest BCUT2D eigenvalue weighted by Gasteiger charge is 2.22. The standard InChI is InChI=1S/C11H14ClNO3/c1-13-6-7-10(14-2)8(12)5-9-11(7)16-4-3-15-9/h5,13H,3-4,6H2,1-2H3. The lowest BCUT2D eigenvalue weighted by molar-refractivity contribution is 0.168. The maximum atomic E-state index is 6.11. The lowest BCUT2D eigenvalue weighted by Gasteiger charge is -2.23. The van der Waals surface area contributed by atoms with Crippen molar-refractivity contribution in [2.45, 2.75) is 6.54 Å². The number of hydrogen-bond donors (Lipinski definition) is 1. The minimum Gasteiger partial charge on any atom is -0.495 e. The van der Waals surface area contributed by atoms with Gasteiger partial charge in [0.05, 0.1) is 17.7 Å². The van der Waals surface area contributed by atoms with Crippen LogP contribution < -0.4 is 19.5 Å². The number of benzene rings is 1. The lowest BCUT2D eigenvalue weighted by Crippen LogP contribution is -2.18. The normalized spacial score (nSPS) is 13.7. The zero-order valence-corrected chi connectivity index (χ0v) is 10.1. The Labute approximate surface area is 99.4 Å². The first-order valence-corrected chi connectivity index (χ1v) is 5.45. The highest BCUT2D eigenvalue weighted by atomic mass is 35.5. The van der Waals surface area contributed by atoms with Gasteiger partial charge in [0, 0.05) is 12.6 Å². The van der Waals surface area contributed by atoms with Crippen LogP contribution in [0, 0.1) is 0 Å². The second-order valence-corrected chi connectivity index (χ2v) is 3.83. The van der Waals surface area contributed by atoms with Crippen LogP contribution in [0.25, 0.3) is 0 Å². The van der Waals surface area contributed by atoms with Crippen molar-refractivity contribution in [2.75, 3.05) is 27.4 Å². The summed E-state index contributed by atoms with van der Waals surface area (Å²) < 4.78 is 16.4. The Morgan fingerprint density at radius 2 is 2.19 bits per heavy atom. The van der Waals surface area contributed by atoms with E-state index in [2.05, 4.69) is 5.32 Å². The molecular weight excluding hydrogens is 230 g/mol. The van der Waals surface area contributed by atoms with Gasteiger partial charge < -0.3 is 19.5 Å². The number of methoxy groups -OCH3 is 1. The molecule has 0 spiro atoms. The van der Waals surface area contributed by atoms with Crippen molar-refractivity contribution in [3.63, 3.8) is 0 Å². The summed E-state index contributed by atoms with van der Waals surface area (Å²) in [5.74, 6) is 2.05. The summed E-state index contributed by atoms with van der Waals surface area (Å²) in [4.78, 5) is 0. The van der Waals surface area contributed by atoms with Crippen molar-refractivity contribution in [1.29, 1.82) is 0 Å². The third-order valence-corrected chi connectivity index (χ3v) is 2.67. The highest BCUT2D eigenvalue weighted by Crippen LogP contribution is 2.43. The Morgan fingerprint density at radius 3 is 2.88 bits per heavy atom. The molecule has 0 fully saturated rings. The van der Waals surface area contributed by atoms with E-state index < -0.39 is 0 Å². The van der Waals surface area contributed by atoms with Crippen LogP contribution in [0.3, 0.4) is 0 Å². The number of fused-ring (bicyclic) bond motifs is 1. The molecule has 4 nitrogen and oxygen atoms in total. The number of nitrogens with one attached hydrogen (secondary N) is 1. The highest BCUT2D eigenvalue weighted by molar-refractivity contribution is 6.32. The fourth-order valence-electron chi connectivity index (χ4n) is 1.76. The molecule has 1 N–H and O–H groups in total. The van der Waals surface area contributed by atoms with Gasteiger partial charge in [-0.25, -0.2) is 0 Å². The van der Waals surface area contributed by atoms with Crippen LogP contribution in [-0.2, 0) is 6.54 Å². The van der Waals surface area contributed by atoms with Gasteiger partial charge in [0.15, 0.2) is 11.5 Å². The van der Waals surface area contributed by atoms with E-state index in [1.165, 1.54) is 0 Å². The molecule has 0 atom stereocenters. The van der Waals surface area contributed by atoms with E-state index in [1.807, 2.05) is 7.05 Å². The summed E-state index contributed by atoms with van der Waals surface area (Å²) in [6.07, 6.45) is 0. The molecular formula is C11H14ClNO3. The molecule has 2 rings (SSSR count). The molecule has 0 aromatic heterocycles. The number of ether oxygens (including phenoxy) is 3. The zero-order valence-electron chi connectivity index (χ0n) is 9.30. The van der Waals surface area contributed by atoms with E-state index in [0.29, 0.717) is 36.3 Å². The molecule has 1 aromatic rings. The van der Waals surface area contributed by atoms with Gasteiger partial charge in [-0.3, -0.25) is 0 Å². The lowest BCUT2D eigenvalue weighted by atomic mass is 10.1. The van der Waals surface area contributed by atoms with Crippen molar-refractivity contribution in [3.8, 4) is 17.2 Å². The third kappa shape index (κ3) is 1.90. The van der Waals surface area contributed by atoms with E-state index in [-0.39, 0.29) is 0 Å². The minimum absolute atomic E-state index is 0.539. The van der Waals surface area contributed by atoms with Gasteiger partial charge >= 0.3 is 0 Å². The SMILES string of the molecule is CNCc1c(OC)c(Cl)cc2c1OCCO2. The molecule has 0 radical (unpaired) electrons. The van der Waals surface area contributed by atoms with E-state index in [0.717, 1.165) is 11.3 Å². The molecule has 0 amide bonds. The summed E-state index contributed by atoms with van der Waals surface area (Å²) in [5.41, 5.74) is 0.896. The fraction of sp³-hybridized carbons (Fsp3) is 0.455. The Hall–Kier alpha value is -1.13. The molecule has 1 aromatic carbocycles. The molecule has 0 saturated heterocycles. The third-order valence-electron chi connectivity index (χ3n) is 2.39. The van der Waals surface area contributed by atoms with Gasteiger partial charge in [-0.2, -0.15) is 0 Å². The Balaban J connectivity index is 2.54. The number of hydrogen-bond acceptors (Lipinski definition) is 4. The Morgan fingerprint density at radius 1 is 1.44 bits per heavy atom. The van der Waals surface area contributed by atoms with Crippen LogP contribution in [0.2, 0.25) is 5.02 Å².